The molecule has 0 saturated carbocycles. The summed E-state index contributed by atoms with van der Waals surface area (Å²) < 4.78 is 0. The van der Waals surface area contributed by atoms with Crippen LogP contribution in [0.3, 0.4) is 0 Å². The molecule has 0 radical (unpaired) electrons. The third-order valence-electron chi connectivity index (χ3n) is 26.0. The minimum Gasteiger partial charge on any atom is -0.208 e. The van der Waals surface area contributed by atoms with Gasteiger partial charge in [-0.1, -0.05) is 461 Å². The second-order valence-electron chi connectivity index (χ2n) is 33.4. The Kier molecular flexibility index (Phi) is 20.0. The SMILES string of the molecule is c1ccc(-c2ccc(-c3nc(-c4ccccc4)nc(-c4cccc(-c5cccc(-c6ccc7c8c(ccc7c6)-c6ccccc6C8(c6ccccc6)c6ccccc6)c5)c4)n3)cc2)cc1.c1ccc(-c2cccc(-c3nc(-c4ccccc4)nc(-c4ccccc4-c4cccc(-c5ccc6c7c(ccc6c5)-c5ccccc5C7(c5ccccc5)c5ccccc5)c4)n3)c2)cc1. The molecule has 24 rings (SSSR count). The molecule has 6 nitrogen and oxygen atoms in total. The average molecular weight is 1660 g/mol. The van der Waals surface area contributed by atoms with E-state index < -0.39 is 10.8 Å². The standard InChI is InChI=1S/2C62H41N3/c1-5-17-42(18-6-1)43-31-33-45(34-32-43)60-63-59(44-19-7-2-8-20-44)64-61(65-60)51-24-16-23-48(41-51)46-21-15-22-47(39-46)49-35-37-54-50(40-49)36-38-56-55-29-13-14-30-57(55)62(58(54)56,52-25-9-3-10-26-52)53-27-11-4-12-28-53;1-5-19-42(20-6-1)44-23-18-26-49(41-44)60-63-59(43-21-7-2-8-22-43)64-61(65-60)56-33-14-13-31-52(56)47-25-17-24-45(39-47)46-35-37-53-48(40-46)36-38-55-54-32-15-16-34-57(54)62(58(53)55,50-27-9-3-10-28-50)51-29-11-4-12-30-51/h2*1-41H. The Labute approximate surface area is 756 Å². The van der Waals surface area contributed by atoms with Crippen molar-refractivity contribution in [2.75, 3.05) is 0 Å². The van der Waals surface area contributed by atoms with Crippen molar-refractivity contribution in [1.29, 1.82) is 0 Å². The summed E-state index contributed by atoms with van der Waals surface area (Å²) >= 11 is 0. The molecule has 0 bridgehead atoms. The molecule has 20 aromatic carbocycles. The molecule has 608 valence electrons. The zero-order chi connectivity index (χ0) is 86.3. The van der Waals surface area contributed by atoms with Crippen LogP contribution >= 0.6 is 0 Å². The van der Waals surface area contributed by atoms with E-state index in [0.717, 1.165) is 89.0 Å². The van der Waals surface area contributed by atoms with Gasteiger partial charge < -0.3 is 0 Å². The van der Waals surface area contributed by atoms with Crippen LogP contribution in [0.4, 0.5) is 0 Å². The first kappa shape index (κ1) is 77.7. The van der Waals surface area contributed by atoms with Crippen LogP contribution in [0.5, 0.6) is 0 Å². The van der Waals surface area contributed by atoms with Crippen molar-refractivity contribution in [3.05, 3.63) is 542 Å². The smallest absolute Gasteiger partial charge is 0.164 e. The molecular formula is C124H82N6. The average Bonchev–Trinajstić information content (AvgIpc) is 1.53. The van der Waals surface area contributed by atoms with Crippen LogP contribution in [0.2, 0.25) is 0 Å². The Bertz CT molecular complexity index is 7910. The summed E-state index contributed by atoms with van der Waals surface area (Å²) in [5.74, 6) is 3.79. The van der Waals surface area contributed by atoms with Crippen molar-refractivity contribution < 1.29 is 0 Å². The van der Waals surface area contributed by atoms with Crippen LogP contribution in [-0.4, -0.2) is 29.9 Å². The molecule has 22 aromatic rings. The molecule has 0 spiro atoms. The van der Waals surface area contributed by atoms with E-state index in [0.29, 0.717) is 34.9 Å². The van der Waals surface area contributed by atoms with Gasteiger partial charge in [0.05, 0.1) is 10.8 Å². The molecule has 0 atom stereocenters. The summed E-state index contributed by atoms with van der Waals surface area (Å²) in [6.07, 6.45) is 0. The fraction of sp³-hybridized carbons (Fsp3) is 0.0161. The van der Waals surface area contributed by atoms with Crippen LogP contribution in [0.15, 0.2) is 497 Å². The summed E-state index contributed by atoms with van der Waals surface area (Å²) in [5, 5.41) is 4.94. The normalized spacial score (nSPS) is 12.4. The van der Waals surface area contributed by atoms with Gasteiger partial charge in [-0.25, -0.2) is 29.9 Å². The van der Waals surface area contributed by atoms with Gasteiger partial charge in [0.25, 0.3) is 0 Å². The van der Waals surface area contributed by atoms with Crippen LogP contribution in [0.25, 0.3) is 179 Å². The first-order chi connectivity index (χ1) is 64.4. The number of hydrogen-bond donors (Lipinski definition) is 0. The summed E-state index contributed by atoms with van der Waals surface area (Å²) in [6.45, 7) is 0. The third kappa shape index (κ3) is 14.0. The van der Waals surface area contributed by atoms with Gasteiger partial charge in [-0.2, -0.15) is 0 Å². The molecule has 6 heteroatoms. The van der Waals surface area contributed by atoms with Gasteiger partial charge in [-0.15, -0.1) is 0 Å². The number of hydrogen-bond acceptors (Lipinski definition) is 6. The fourth-order valence-corrected chi connectivity index (χ4v) is 20.0. The largest absolute Gasteiger partial charge is 0.208 e. The summed E-state index contributed by atoms with van der Waals surface area (Å²) in [7, 11) is 0. The van der Waals surface area contributed by atoms with Gasteiger partial charge in [0.2, 0.25) is 0 Å². The molecule has 130 heavy (non-hydrogen) atoms. The van der Waals surface area contributed by atoms with Gasteiger partial charge in [-0.3, -0.25) is 0 Å². The van der Waals surface area contributed by atoms with E-state index in [1.54, 1.807) is 0 Å². The highest BCUT2D eigenvalue weighted by Gasteiger charge is 2.49. The molecule has 0 aliphatic heterocycles. The topological polar surface area (TPSA) is 77.3 Å². The lowest BCUT2D eigenvalue weighted by atomic mass is 9.66. The molecule has 0 saturated heterocycles. The fourth-order valence-electron chi connectivity index (χ4n) is 20.0. The Morgan fingerprint density at radius 3 is 0.762 bits per heavy atom. The highest BCUT2D eigenvalue weighted by atomic mass is 15.0. The number of rotatable bonds is 16. The molecule has 2 aliphatic rings. The maximum atomic E-state index is 5.21. The van der Waals surface area contributed by atoms with Crippen LogP contribution in [0.1, 0.15) is 44.5 Å². The minimum absolute atomic E-state index is 0.464. The van der Waals surface area contributed by atoms with Crippen molar-refractivity contribution >= 4 is 21.5 Å². The van der Waals surface area contributed by atoms with E-state index in [2.05, 4.69) is 437 Å². The van der Waals surface area contributed by atoms with Crippen LogP contribution in [-0.2, 0) is 10.8 Å². The van der Waals surface area contributed by atoms with E-state index in [4.69, 9.17) is 29.9 Å². The number of aromatic nitrogens is 6. The summed E-state index contributed by atoms with van der Waals surface area (Å²) in [5.41, 5.74) is 33.8. The Hall–Kier alpha value is -17.1. The van der Waals surface area contributed by atoms with E-state index in [-0.39, 0.29) is 0 Å². The molecule has 2 aliphatic carbocycles. The quantitative estimate of drug-likeness (QED) is 0.0959. The lowest BCUT2D eigenvalue weighted by Crippen LogP contribution is -2.28. The highest BCUT2D eigenvalue weighted by molar-refractivity contribution is 6.04. The van der Waals surface area contributed by atoms with Crippen molar-refractivity contribution in [2.24, 2.45) is 0 Å². The van der Waals surface area contributed by atoms with Gasteiger partial charge in [0, 0.05) is 33.4 Å². The second kappa shape index (κ2) is 33.5. The van der Waals surface area contributed by atoms with Crippen molar-refractivity contribution in [3.8, 4) is 157 Å². The Morgan fingerprint density at radius 2 is 0.369 bits per heavy atom. The lowest BCUT2D eigenvalue weighted by molar-refractivity contribution is 0.775. The van der Waals surface area contributed by atoms with Crippen molar-refractivity contribution in [2.45, 2.75) is 10.8 Å². The maximum Gasteiger partial charge on any atom is 0.164 e. The Balaban J connectivity index is 0.000000148. The minimum atomic E-state index is -0.473. The monoisotopic (exact) mass is 1650 g/mol. The van der Waals surface area contributed by atoms with E-state index in [9.17, 15) is 0 Å². The summed E-state index contributed by atoms with van der Waals surface area (Å²) in [4.78, 5) is 30.6. The Morgan fingerprint density at radius 1 is 0.131 bits per heavy atom. The predicted molar refractivity (Wildman–Crippen MR) is 535 cm³/mol. The highest BCUT2D eigenvalue weighted by Crippen LogP contribution is 2.60. The summed E-state index contributed by atoms with van der Waals surface area (Å²) in [6, 6.07) is 178. The second-order valence-corrected chi connectivity index (χ2v) is 33.4. The maximum absolute atomic E-state index is 5.21. The molecule has 0 N–H and O–H groups in total. The molecular weight excluding hydrogens is 1570 g/mol. The zero-order valence-electron chi connectivity index (χ0n) is 71.0. The van der Waals surface area contributed by atoms with Crippen molar-refractivity contribution in [1.82, 2.24) is 29.9 Å². The first-order valence-corrected chi connectivity index (χ1v) is 44.4. The van der Waals surface area contributed by atoms with Gasteiger partial charge in [0.15, 0.2) is 34.9 Å². The van der Waals surface area contributed by atoms with Crippen molar-refractivity contribution in [3.63, 3.8) is 0 Å². The molecule has 0 unspecified atom stereocenters. The van der Waals surface area contributed by atoms with E-state index in [1.807, 2.05) is 60.7 Å². The van der Waals surface area contributed by atoms with E-state index in [1.165, 1.54) is 99.4 Å². The third-order valence-corrected chi connectivity index (χ3v) is 26.0. The molecule has 2 aromatic heterocycles. The number of benzene rings is 20. The van der Waals surface area contributed by atoms with Gasteiger partial charge >= 0.3 is 0 Å². The lowest BCUT2D eigenvalue weighted by Gasteiger charge is -2.34. The van der Waals surface area contributed by atoms with Crippen LogP contribution in [0, 0.1) is 0 Å². The molecule has 0 amide bonds. The van der Waals surface area contributed by atoms with Gasteiger partial charge in [0.1, 0.15) is 0 Å². The molecule has 2 heterocycles. The van der Waals surface area contributed by atoms with E-state index >= 15 is 0 Å². The van der Waals surface area contributed by atoms with Gasteiger partial charge in [-0.05, 0) is 191 Å². The molecule has 0 fully saturated rings. The predicted octanol–water partition coefficient (Wildman–Crippen LogP) is 30.8. The number of nitrogens with zero attached hydrogens (tertiary/aromatic N) is 6. The number of fused-ring (bicyclic) bond motifs is 10. The van der Waals surface area contributed by atoms with Crippen LogP contribution < -0.4 is 0 Å². The first-order valence-electron chi connectivity index (χ1n) is 44.4. The zero-order valence-corrected chi connectivity index (χ0v) is 71.0.